The Morgan fingerprint density at radius 2 is 2.44 bits per heavy atom. The minimum atomic E-state index is 0.469. The number of hydrogen-bond donors (Lipinski definition) is 0. The zero-order chi connectivity index (χ0) is 6.27. The Morgan fingerprint density at radius 3 is 3.22 bits per heavy atom. The average molecular weight is 159 g/mol. The fourth-order valence-electron chi connectivity index (χ4n) is 0.736. The monoisotopic (exact) mass is 158 g/mol. The smallest absolute Gasteiger partial charge is 0.195 e. The van der Waals surface area contributed by atoms with E-state index in [1.807, 2.05) is 17.5 Å². The molecule has 0 bridgehead atoms. The molecule has 2 heterocycles. The maximum absolute atomic E-state index is 5.56. The molecular weight excluding hydrogens is 156 g/mol. The van der Waals surface area contributed by atoms with Crippen molar-refractivity contribution >= 4 is 33.2 Å². The topological polar surface area (TPSA) is 13.1 Å². The quantitative estimate of drug-likeness (QED) is 0.574. The normalized spacial score (nSPS) is 10.8. The lowest BCUT2D eigenvalue weighted by atomic mass is 10.4. The van der Waals surface area contributed by atoms with Crippen LogP contribution in [0.1, 0.15) is 0 Å². The third-order valence-corrected chi connectivity index (χ3v) is 2.11. The Labute approximate surface area is 60.9 Å². The van der Waals surface area contributed by atoms with Crippen molar-refractivity contribution in [3.63, 3.8) is 0 Å². The van der Waals surface area contributed by atoms with Crippen LogP contribution in [0, 0.1) is 0 Å². The molecule has 0 saturated carbocycles. The fraction of sp³-hybridized carbons (Fsp3) is 0. The molecule has 2 rings (SSSR count). The summed E-state index contributed by atoms with van der Waals surface area (Å²) in [7, 11) is 0. The highest BCUT2D eigenvalue weighted by atomic mass is 35.5. The van der Waals surface area contributed by atoms with E-state index in [2.05, 4.69) is 0 Å². The molecule has 46 valence electrons. The van der Waals surface area contributed by atoms with Crippen molar-refractivity contribution in [3.05, 3.63) is 22.7 Å². The molecule has 0 aliphatic rings. The predicted octanol–water partition coefficient (Wildman–Crippen LogP) is 3.15. The molecule has 0 aromatic carbocycles. The highest BCUT2D eigenvalue weighted by Crippen LogP contribution is 2.26. The minimum absolute atomic E-state index is 0.469. The van der Waals surface area contributed by atoms with Gasteiger partial charge in [-0.3, -0.25) is 0 Å². The van der Waals surface area contributed by atoms with Crippen LogP contribution in [0.3, 0.4) is 0 Å². The first-order valence-corrected chi connectivity index (χ1v) is 3.74. The molecule has 0 amide bonds. The third kappa shape index (κ3) is 0.749. The summed E-state index contributed by atoms with van der Waals surface area (Å²) in [5.74, 6) is 0. The number of thiophene rings is 1. The second-order valence-electron chi connectivity index (χ2n) is 1.71. The van der Waals surface area contributed by atoms with Crippen molar-refractivity contribution in [1.29, 1.82) is 0 Å². The summed E-state index contributed by atoms with van der Waals surface area (Å²) in [6.07, 6.45) is 0. The van der Waals surface area contributed by atoms with Crippen molar-refractivity contribution in [2.45, 2.75) is 0 Å². The van der Waals surface area contributed by atoms with Crippen molar-refractivity contribution in [3.8, 4) is 0 Å². The lowest BCUT2D eigenvalue weighted by molar-refractivity contribution is 0.626. The Morgan fingerprint density at radius 1 is 1.56 bits per heavy atom. The van der Waals surface area contributed by atoms with E-state index in [-0.39, 0.29) is 0 Å². The van der Waals surface area contributed by atoms with Crippen LogP contribution < -0.4 is 0 Å². The zero-order valence-corrected chi connectivity index (χ0v) is 6.00. The van der Waals surface area contributed by atoms with Gasteiger partial charge in [-0.05, 0) is 23.0 Å². The number of hydrogen-bond acceptors (Lipinski definition) is 2. The van der Waals surface area contributed by atoms with Gasteiger partial charge in [0, 0.05) is 11.5 Å². The van der Waals surface area contributed by atoms with Gasteiger partial charge in [-0.1, -0.05) is 0 Å². The van der Waals surface area contributed by atoms with E-state index >= 15 is 0 Å². The Balaban J connectivity index is 2.92. The molecule has 0 radical (unpaired) electrons. The second-order valence-corrected chi connectivity index (χ2v) is 2.97. The molecule has 0 atom stereocenters. The number of rotatable bonds is 0. The first-order valence-electron chi connectivity index (χ1n) is 2.49. The van der Waals surface area contributed by atoms with Crippen molar-refractivity contribution in [2.24, 2.45) is 0 Å². The molecule has 9 heavy (non-hydrogen) atoms. The van der Waals surface area contributed by atoms with Gasteiger partial charge in [-0.2, -0.15) is 0 Å². The molecule has 3 heteroatoms. The van der Waals surface area contributed by atoms with Gasteiger partial charge in [0.15, 0.2) is 10.1 Å². The number of halogens is 1. The van der Waals surface area contributed by atoms with Gasteiger partial charge in [0.25, 0.3) is 0 Å². The molecule has 0 saturated heterocycles. The zero-order valence-electron chi connectivity index (χ0n) is 4.43. The Kier molecular flexibility index (Phi) is 1.04. The number of fused-ring (bicyclic) bond motifs is 1. The van der Waals surface area contributed by atoms with Gasteiger partial charge in [0.05, 0.1) is 0 Å². The first-order chi connectivity index (χ1) is 4.36. The van der Waals surface area contributed by atoms with Crippen LogP contribution in [0.15, 0.2) is 21.9 Å². The van der Waals surface area contributed by atoms with Crippen molar-refractivity contribution in [2.75, 3.05) is 0 Å². The summed E-state index contributed by atoms with van der Waals surface area (Å²) >= 11 is 7.12. The second kappa shape index (κ2) is 1.75. The maximum Gasteiger partial charge on any atom is 0.195 e. The molecule has 0 unspecified atom stereocenters. The predicted molar refractivity (Wildman–Crippen MR) is 39.1 cm³/mol. The standard InChI is InChI=1S/C6H3ClOS/c7-5-3-4-1-2-9-6(4)8-5/h1-3H. The molecule has 0 aliphatic heterocycles. The van der Waals surface area contributed by atoms with Gasteiger partial charge in [-0.25, -0.2) is 0 Å². The number of furan rings is 1. The molecule has 0 spiro atoms. The molecular formula is C6H3ClOS. The lowest BCUT2D eigenvalue weighted by Gasteiger charge is -1.70. The summed E-state index contributed by atoms with van der Waals surface area (Å²) in [5, 5.41) is 3.53. The van der Waals surface area contributed by atoms with Gasteiger partial charge in [0.2, 0.25) is 0 Å². The average Bonchev–Trinajstić information content (AvgIpc) is 2.22. The summed E-state index contributed by atoms with van der Waals surface area (Å²) in [4.78, 5) is 0.903. The highest BCUT2D eigenvalue weighted by Gasteiger charge is 1.99. The van der Waals surface area contributed by atoms with Crippen LogP contribution in [-0.4, -0.2) is 0 Å². The Bertz CT molecular complexity index is 294. The van der Waals surface area contributed by atoms with E-state index < -0.39 is 0 Å². The summed E-state index contributed by atoms with van der Waals surface area (Å²) < 4.78 is 5.09. The van der Waals surface area contributed by atoms with E-state index in [0.717, 1.165) is 10.3 Å². The maximum atomic E-state index is 5.56. The SMILES string of the molecule is Clc1cc2ccsc2o1. The molecule has 2 aromatic rings. The lowest BCUT2D eigenvalue weighted by Crippen LogP contribution is -1.40. The summed E-state index contributed by atoms with van der Waals surface area (Å²) in [5.41, 5.74) is 0. The van der Waals surface area contributed by atoms with E-state index in [4.69, 9.17) is 16.0 Å². The van der Waals surface area contributed by atoms with E-state index in [1.54, 1.807) is 11.3 Å². The summed E-state index contributed by atoms with van der Waals surface area (Å²) in [6, 6.07) is 3.79. The van der Waals surface area contributed by atoms with Gasteiger partial charge >= 0.3 is 0 Å². The van der Waals surface area contributed by atoms with Crippen LogP contribution in [-0.2, 0) is 0 Å². The van der Waals surface area contributed by atoms with Gasteiger partial charge in [0.1, 0.15) is 0 Å². The van der Waals surface area contributed by atoms with E-state index in [9.17, 15) is 0 Å². The summed E-state index contributed by atoms with van der Waals surface area (Å²) in [6.45, 7) is 0. The molecule has 1 nitrogen and oxygen atoms in total. The van der Waals surface area contributed by atoms with Crippen molar-refractivity contribution in [1.82, 2.24) is 0 Å². The van der Waals surface area contributed by atoms with Crippen LogP contribution in [0.4, 0.5) is 0 Å². The minimum Gasteiger partial charge on any atom is -0.434 e. The van der Waals surface area contributed by atoms with Gasteiger partial charge in [-0.15, -0.1) is 11.3 Å². The van der Waals surface area contributed by atoms with Crippen LogP contribution >= 0.6 is 22.9 Å². The third-order valence-electron chi connectivity index (χ3n) is 1.12. The van der Waals surface area contributed by atoms with Crippen molar-refractivity contribution < 1.29 is 4.42 Å². The molecule has 0 aliphatic carbocycles. The van der Waals surface area contributed by atoms with Crippen LogP contribution in [0.2, 0.25) is 5.22 Å². The molecule has 0 fully saturated rings. The Hall–Kier alpha value is -0.470. The van der Waals surface area contributed by atoms with Crippen LogP contribution in [0.25, 0.3) is 10.3 Å². The molecule has 2 aromatic heterocycles. The highest BCUT2D eigenvalue weighted by molar-refractivity contribution is 7.16. The van der Waals surface area contributed by atoms with Gasteiger partial charge < -0.3 is 4.42 Å². The molecule has 0 N–H and O–H groups in total. The largest absolute Gasteiger partial charge is 0.434 e. The fourth-order valence-corrected chi connectivity index (χ4v) is 1.72. The first kappa shape index (κ1) is 5.33. The van der Waals surface area contributed by atoms with E-state index in [1.165, 1.54) is 0 Å². The van der Waals surface area contributed by atoms with Crippen LogP contribution in [0.5, 0.6) is 0 Å². The van der Waals surface area contributed by atoms with E-state index in [0.29, 0.717) is 5.22 Å².